The Bertz CT molecular complexity index is 1220. The predicted molar refractivity (Wildman–Crippen MR) is 133 cm³/mol. The number of para-hydroxylation sites is 1. The third-order valence-corrected chi connectivity index (χ3v) is 6.15. The number of anilines is 1. The lowest BCUT2D eigenvalue weighted by Crippen LogP contribution is -2.55. The molecule has 2 aromatic rings. The number of ether oxygens (including phenoxy) is 1. The monoisotopic (exact) mass is 507 g/mol. The van der Waals surface area contributed by atoms with Gasteiger partial charge in [0, 0.05) is 30.8 Å². The molecule has 4 rings (SSSR count). The summed E-state index contributed by atoms with van der Waals surface area (Å²) < 4.78 is 5.09. The lowest BCUT2D eigenvalue weighted by molar-refractivity contribution is -0.164. The van der Waals surface area contributed by atoms with Crippen LogP contribution in [0.15, 0.2) is 48.5 Å². The number of rotatable bonds is 8. The molecule has 0 saturated carbocycles. The van der Waals surface area contributed by atoms with Gasteiger partial charge < -0.3 is 20.3 Å². The fourth-order valence-corrected chi connectivity index (χ4v) is 4.32. The highest BCUT2D eigenvalue weighted by molar-refractivity contribution is 6.05. The number of imide groups is 1. The van der Waals surface area contributed by atoms with Crippen molar-refractivity contribution in [1.29, 1.82) is 0 Å². The van der Waals surface area contributed by atoms with Crippen molar-refractivity contribution < 1.29 is 28.7 Å². The first-order valence-electron chi connectivity index (χ1n) is 11.9. The van der Waals surface area contributed by atoms with Crippen molar-refractivity contribution in [3.8, 4) is 0 Å². The quantitative estimate of drug-likeness (QED) is 0.410. The topological polar surface area (TPSA) is 128 Å². The summed E-state index contributed by atoms with van der Waals surface area (Å²) in [6, 6.07) is 13.1. The van der Waals surface area contributed by atoms with E-state index in [1.165, 1.54) is 4.90 Å². The summed E-state index contributed by atoms with van der Waals surface area (Å²) in [7, 11) is 3.40. The van der Waals surface area contributed by atoms with Crippen LogP contribution in [0, 0.1) is 0 Å². The minimum atomic E-state index is -0.830. The van der Waals surface area contributed by atoms with Crippen LogP contribution in [-0.2, 0) is 32.2 Å². The SMILES string of the molecule is CN(C)CC(=O)OCN1C(=O)CCC(N2Cc3cc(CNC(=O)Nc4ccccc4)ccc3C2=O)C1=O. The summed E-state index contributed by atoms with van der Waals surface area (Å²) in [5.41, 5.74) is 2.69. The smallest absolute Gasteiger partial charge is 0.321 e. The zero-order valence-corrected chi connectivity index (χ0v) is 20.7. The van der Waals surface area contributed by atoms with Gasteiger partial charge in [-0.25, -0.2) is 9.69 Å². The number of fused-ring (bicyclic) bond motifs is 1. The average Bonchev–Trinajstić information content (AvgIpc) is 3.18. The number of carbonyl (C=O) groups is 5. The third-order valence-electron chi connectivity index (χ3n) is 6.15. The van der Waals surface area contributed by atoms with Crippen molar-refractivity contribution in [3.05, 3.63) is 65.2 Å². The van der Waals surface area contributed by atoms with E-state index in [0.29, 0.717) is 11.3 Å². The number of likely N-dealkylation sites (tertiary alicyclic amines) is 1. The maximum atomic E-state index is 13.1. The summed E-state index contributed by atoms with van der Waals surface area (Å²) in [5, 5.41) is 5.53. The van der Waals surface area contributed by atoms with Gasteiger partial charge in [-0.2, -0.15) is 0 Å². The normalized spacial score (nSPS) is 17.2. The Balaban J connectivity index is 1.37. The Hall–Kier alpha value is -4.25. The summed E-state index contributed by atoms with van der Waals surface area (Å²) in [6.07, 6.45) is 0.265. The number of nitrogens with one attached hydrogen (secondary N) is 2. The molecule has 2 aromatic carbocycles. The zero-order chi connectivity index (χ0) is 26.5. The molecule has 2 aliphatic rings. The number of benzene rings is 2. The summed E-state index contributed by atoms with van der Waals surface area (Å²) >= 11 is 0. The molecule has 0 aromatic heterocycles. The zero-order valence-electron chi connectivity index (χ0n) is 20.7. The number of nitrogens with zero attached hydrogens (tertiary/aromatic N) is 3. The number of amides is 5. The number of piperidine rings is 1. The first kappa shape index (κ1) is 25.8. The third kappa shape index (κ3) is 6.12. The molecule has 1 atom stereocenters. The van der Waals surface area contributed by atoms with Crippen molar-refractivity contribution in [2.24, 2.45) is 0 Å². The van der Waals surface area contributed by atoms with Gasteiger partial charge in [-0.15, -0.1) is 0 Å². The fraction of sp³-hybridized carbons (Fsp3) is 0.346. The first-order chi connectivity index (χ1) is 17.7. The molecule has 0 aliphatic carbocycles. The van der Waals surface area contributed by atoms with Crippen LogP contribution < -0.4 is 10.6 Å². The van der Waals surface area contributed by atoms with Gasteiger partial charge in [0.2, 0.25) is 5.91 Å². The van der Waals surface area contributed by atoms with E-state index in [0.717, 1.165) is 16.0 Å². The van der Waals surface area contributed by atoms with Crippen molar-refractivity contribution >= 4 is 35.4 Å². The van der Waals surface area contributed by atoms with E-state index in [2.05, 4.69) is 10.6 Å². The van der Waals surface area contributed by atoms with Gasteiger partial charge in [-0.3, -0.25) is 24.1 Å². The second-order valence-electron chi connectivity index (χ2n) is 9.20. The van der Waals surface area contributed by atoms with Gasteiger partial charge in [-0.05, 0) is 49.8 Å². The Morgan fingerprint density at radius 3 is 2.57 bits per heavy atom. The number of hydrogen-bond donors (Lipinski definition) is 2. The fourth-order valence-electron chi connectivity index (χ4n) is 4.32. The molecular formula is C26H29N5O6. The predicted octanol–water partition coefficient (Wildman–Crippen LogP) is 1.54. The van der Waals surface area contributed by atoms with Crippen molar-refractivity contribution in [1.82, 2.24) is 20.0 Å². The number of hydrogen-bond acceptors (Lipinski definition) is 7. The molecule has 194 valence electrons. The van der Waals surface area contributed by atoms with E-state index in [1.807, 2.05) is 24.3 Å². The summed E-state index contributed by atoms with van der Waals surface area (Å²) in [6.45, 7) is 0.00151. The van der Waals surface area contributed by atoms with Crippen LogP contribution in [-0.4, -0.2) is 77.8 Å². The molecule has 2 heterocycles. The van der Waals surface area contributed by atoms with E-state index in [9.17, 15) is 24.0 Å². The number of carbonyl (C=O) groups excluding carboxylic acids is 5. The Kier molecular flexibility index (Phi) is 7.83. The van der Waals surface area contributed by atoms with Crippen LogP contribution in [0.1, 0.15) is 34.3 Å². The maximum absolute atomic E-state index is 13.1. The molecule has 0 spiro atoms. The van der Waals surface area contributed by atoms with Gasteiger partial charge in [-0.1, -0.05) is 30.3 Å². The Morgan fingerprint density at radius 2 is 1.84 bits per heavy atom. The minimum absolute atomic E-state index is 0.0185. The highest BCUT2D eigenvalue weighted by Crippen LogP contribution is 2.29. The van der Waals surface area contributed by atoms with Crippen LogP contribution in [0.4, 0.5) is 10.5 Å². The largest absolute Gasteiger partial charge is 0.443 e. The van der Waals surface area contributed by atoms with Crippen molar-refractivity contribution in [2.75, 3.05) is 32.7 Å². The minimum Gasteiger partial charge on any atom is -0.443 e. The highest BCUT2D eigenvalue weighted by atomic mass is 16.5. The van der Waals surface area contributed by atoms with Crippen molar-refractivity contribution in [2.45, 2.75) is 32.0 Å². The second kappa shape index (κ2) is 11.2. The van der Waals surface area contributed by atoms with Crippen LogP contribution >= 0.6 is 0 Å². The molecule has 2 aliphatic heterocycles. The Labute approximate surface area is 214 Å². The molecule has 37 heavy (non-hydrogen) atoms. The molecule has 11 nitrogen and oxygen atoms in total. The second-order valence-corrected chi connectivity index (χ2v) is 9.20. The van der Waals surface area contributed by atoms with E-state index in [4.69, 9.17) is 4.74 Å². The van der Waals surface area contributed by atoms with Crippen molar-refractivity contribution in [3.63, 3.8) is 0 Å². The molecule has 1 saturated heterocycles. The lowest BCUT2D eigenvalue weighted by atomic mass is 10.0. The molecular weight excluding hydrogens is 478 g/mol. The van der Waals surface area contributed by atoms with E-state index < -0.39 is 30.6 Å². The van der Waals surface area contributed by atoms with Crippen LogP contribution in [0.25, 0.3) is 0 Å². The molecule has 11 heteroatoms. The standard InChI is InChI=1S/C26H29N5O6/c1-29(2)15-23(33)37-16-31-22(32)11-10-21(25(31)35)30-14-18-12-17(8-9-20(18)24(30)34)13-27-26(36)28-19-6-4-3-5-7-19/h3-9,12,21H,10-11,13-16H2,1-2H3,(H2,27,28,36). The maximum Gasteiger partial charge on any atom is 0.321 e. The molecule has 0 bridgehead atoms. The first-order valence-corrected chi connectivity index (χ1v) is 11.9. The number of likely N-dealkylation sites (N-methyl/N-ethyl adjacent to an activating group) is 1. The lowest BCUT2D eigenvalue weighted by Gasteiger charge is -2.35. The summed E-state index contributed by atoms with van der Waals surface area (Å²) in [4.78, 5) is 66.6. The van der Waals surface area contributed by atoms with E-state index >= 15 is 0 Å². The van der Waals surface area contributed by atoms with Gasteiger partial charge in [0.1, 0.15) is 6.04 Å². The number of urea groups is 1. The van der Waals surface area contributed by atoms with E-state index in [-0.39, 0.29) is 44.4 Å². The van der Waals surface area contributed by atoms with Gasteiger partial charge in [0.25, 0.3) is 11.8 Å². The molecule has 0 radical (unpaired) electrons. The van der Waals surface area contributed by atoms with Crippen LogP contribution in [0.3, 0.4) is 0 Å². The molecule has 1 fully saturated rings. The molecule has 2 N–H and O–H groups in total. The van der Waals surface area contributed by atoms with Crippen LogP contribution in [0.5, 0.6) is 0 Å². The Morgan fingerprint density at radius 1 is 1.08 bits per heavy atom. The molecule has 5 amide bonds. The average molecular weight is 508 g/mol. The van der Waals surface area contributed by atoms with Gasteiger partial charge in [0.05, 0.1) is 6.54 Å². The highest BCUT2D eigenvalue weighted by Gasteiger charge is 2.43. The molecule has 1 unspecified atom stereocenters. The van der Waals surface area contributed by atoms with Crippen LogP contribution in [0.2, 0.25) is 0 Å². The van der Waals surface area contributed by atoms with E-state index in [1.54, 1.807) is 43.3 Å². The number of esters is 1. The summed E-state index contributed by atoms with van der Waals surface area (Å²) in [5.74, 6) is -1.86. The van der Waals surface area contributed by atoms with Gasteiger partial charge >= 0.3 is 12.0 Å². The van der Waals surface area contributed by atoms with Gasteiger partial charge in [0.15, 0.2) is 6.73 Å².